The zero-order valence-electron chi connectivity index (χ0n) is 34.4. The number of hydrogen-bond donors (Lipinski definition) is 0. The first-order valence-corrected chi connectivity index (χ1v) is 21.1. The van der Waals surface area contributed by atoms with Gasteiger partial charge in [0.1, 0.15) is 11.4 Å². The normalized spacial score (nSPS) is 15.3. The Morgan fingerprint density at radius 1 is 0.500 bits per heavy atom. The number of anilines is 4. The van der Waals surface area contributed by atoms with Gasteiger partial charge in [0.15, 0.2) is 11.3 Å². The lowest BCUT2D eigenvalue weighted by Crippen LogP contribution is -2.37. The SMILES string of the molecule is FC(F)(F)c1ccc(-c2cccn3nc(N(c4cnn(CCN5CCCC5)c4)N(c4cnn(CCN5CCCC5)c4)c4nc5c(-c6ccc(C(F)(F)F)cc6)cccn5n4)nc23)cc1. The Labute approximate surface area is 362 Å². The molecular weight excluding hydrogens is 839 g/mol. The second-order valence-corrected chi connectivity index (χ2v) is 16.0. The number of nitrogens with zero attached hydrogens (tertiary/aromatic N) is 14. The van der Waals surface area contributed by atoms with E-state index in [9.17, 15) is 26.3 Å². The van der Waals surface area contributed by atoms with E-state index >= 15 is 0 Å². The van der Waals surface area contributed by atoms with Crippen molar-refractivity contribution in [1.29, 1.82) is 0 Å². The maximum absolute atomic E-state index is 13.6. The Kier molecular flexibility index (Phi) is 10.8. The molecule has 0 amide bonds. The molecule has 0 bridgehead atoms. The molecule has 0 saturated carbocycles. The van der Waals surface area contributed by atoms with Crippen molar-refractivity contribution in [3.63, 3.8) is 0 Å². The molecule has 20 heteroatoms. The lowest BCUT2D eigenvalue weighted by molar-refractivity contribution is -0.138. The number of alkyl halides is 6. The van der Waals surface area contributed by atoms with E-state index in [-0.39, 0.29) is 11.9 Å². The Hall–Kier alpha value is -6.80. The average Bonchev–Trinajstić information content (AvgIpc) is 4.15. The fraction of sp³-hybridized carbons (Fsp3) is 0.318. The number of likely N-dealkylation sites (tertiary alicyclic amines) is 2. The molecule has 0 N–H and O–H groups in total. The zero-order chi connectivity index (χ0) is 44.0. The molecule has 2 fully saturated rings. The molecule has 10 rings (SSSR count). The zero-order valence-corrected chi connectivity index (χ0v) is 34.4. The molecule has 8 aromatic rings. The third-order valence-corrected chi connectivity index (χ3v) is 11.7. The molecule has 330 valence electrons. The molecule has 0 spiro atoms. The number of rotatable bonds is 13. The number of hydrazine groups is 1. The van der Waals surface area contributed by atoms with Gasteiger partial charge < -0.3 is 9.80 Å². The monoisotopic (exact) mass is 880 g/mol. The topological polar surface area (TPSA) is 109 Å². The van der Waals surface area contributed by atoms with Gasteiger partial charge in [-0.15, -0.1) is 10.2 Å². The molecule has 2 aliphatic rings. The molecule has 64 heavy (non-hydrogen) atoms. The fourth-order valence-corrected chi connectivity index (χ4v) is 8.41. The maximum Gasteiger partial charge on any atom is 0.416 e. The Morgan fingerprint density at radius 3 is 1.27 bits per heavy atom. The average molecular weight is 881 g/mol. The quantitative estimate of drug-likeness (QED) is 0.0826. The summed E-state index contributed by atoms with van der Waals surface area (Å²) in [5.41, 5.74) is 2.40. The van der Waals surface area contributed by atoms with E-state index in [2.05, 4.69) is 9.80 Å². The van der Waals surface area contributed by atoms with Crippen LogP contribution in [0.25, 0.3) is 33.5 Å². The molecule has 2 aromatic carbocycles. The van der Waals surface area contributed by atoms with Crippen LogP contribution in [0.3, 0.4) is 0 Å². The number of pyridine rings is 2. The summed E-state index contributed by atoms with van der Waals surface area (Å²) in [5.74, 6) is 0.315. The summed E-state index contributed by atoms with van der Waals surface area (Å²) in [6.07, 6.45) is 6.18. The largest absolute Gasteiger partial charge is 0.416 e. The highest BCUT2D eigenvalue weighted by molar-refractivity contribution is 5.81. The molecule has 0 aliphatic carbocycles. The van der Waals surface area contributed by atoms with Crippen molar-refractivity contribution in [3.05, 3.63) is 121 Å². The van der Waals surface area contributed by atoms with E-state index in [1.165, 1.54) is 24.3 Å². The number of aromatic nitrogens is 10. The number of halogens is 6. The summed E-state index contributed by atoms with van der Waals surface area (Å²) in [7, 11) is 0. The minimum absolute atomic E-state index is 0.157. The highest BCUT2D eigenvalue weighted by atomic mass is 19.4. The number of benzene rings is 2. The molecule has 2 aliphatic heterocycles. The third-order valence-electron chi connectivity index (χ3n) is 11.7. The second-order valence-electron chi connectivity index (χ2n) is 16.0. The van der Waals surface area contributed by atoms with Crippen LogP contribution in [0.1, 0.15) is 36.8 Å². The van der Waals surface area contributed by atoms with Crippen LogP contribution in [0.15, 0.2) is 110 Å². The summed E-state index contributed by atoms with van der Waals surface area (Å²) in [6, 6.07) is 16.8. The van der Waals surface area contributed by atoms with Gasteiger partial charge in [-0.3, -0.25) is 9.36 Å². The van der Waals surface area contributed by atoms with Crippen LogP contribution in [0.4, 0.5) is 49.6 Å². The molecular formula is C44H42F6N14. The summed E-state index contributed by atoms with van der Waals surface area (Å²) in [5, 5.41) is 22.8. The first kappa shape index (κ1) is 41.2. The van der Waals surface area contributed by atoms with Gasteiger partial charge in [-0.25, -0.2) is 19.0 Å². The number of fused-ring (bicyclic) bond motifs is 2. The van der Waals surface area contributed by atoms with Gasteiger partial charge in [0.05, 0.1) is 49.0 Å². The standard InChI is InChI=1S/C44H42F6N14/c45-43(46,47)33-13-9-31(10-14-33)37-7-5-21-61-39(37)53-41(55-61)63(35-27-51-59(29-35)25-23-57-17-1-2-18-57)64(36-28-52-60(30-36)26-24-58-19-3-4-20-58)42-54-40-38(8-6-22-62(40)56-42)32-11-15-34(16-12-32)44(48,49)50/h5-16,21-22,27-30H,1-4,17-20,23-26H2. The highest BCUT2D eigenvalue weighted by Gasteiger charge is 2.33. The van der Waals surface area contributed by atoms with Crippen molar-refractivity contribution in [3.8, 4) is 22.3 Å². The molecule has 6 aromatic heterocycles. The first-order chi connectivity index (χ1) is 30.9. The van der Waals surface area contributed by atoms with Crippen LogP contribution in [-0.4, -0.2) is 97.8 Å². The first-order valence-electron chi connectivity index (χ1n) is 21.1. The number of hydrogen-bond acceptors (Lipinski definition) is 10. The molecule has 0 unspecified atom stereocenters. The van der Waals surface area contributed by atoms with E-state index in [1.54, 1.807) is 68.1 Å². The van der Waals surface area contributed by atoms with Gasteiger partial charge in [0.25, 0.3) is 11.9 Å². The predicted octanol–water partition coefficient (Wildman–Crippen LogP) is 8.62. The predicted molar refractivity (Wildman–Crippen MR) is 227 cm³/mol. The van der Waals surface area contributed by atoms with Gasteiger partial charge in [-0.1, -0.05) is 24.3 Å². The van der Waals surface area contributed by atoms with Gasteiger partial charge in [0.2, 0.25) is 0 Å². The van der Waals surface area contributed by atoms with Crippen molar-refractivity contribution in [2.45, 2.75) is 51.1 Å². The maximum atomic E-state index is 13.6. The van der Waals surface area contributed by atoms with Crippen LogP contribution >= 0.6 is 0 Å². The van der Waals surface area contributed by atoms with Crippen LogP contribution in [-0.2, 0) is 25.4 Å². The van der Waals surface area contributed by atoms with E-state index in [0.29, 0.717) is 58.0 Å². The summed E-state index contributed by atoms with van der Waals surface area (Å²) in [4.78, 5) is 14.9. The van der Waals surface area contributed by atoms with Crippen molar-refractivity contribution in [1.82, 2.24) is 58.6 Å². The summed E-state index contributed by atoms with van der Waals surface area (Å²) in [6.45, 7) is 6.93. The minimum atomic E-state index is -4.50. The molecule has 2 saturated heterocycles. The van der Waals surface area contributed by atoms with Crippen molar-refractivity contribution >= 4 is 34.6 Å². The second kappa shape index (κ2) is 16.7. The van der Waals surface area contributed by atoms with Gasteiger partial charge in [-0.05, 0) is 112 Å². The molecule has 14 nitrogen and oxygen atoms in total. The lowest BCUT2D eigenvalue weighted by atomic mass is 10.0. The van der Waals surface area contributed by atoms with Crippen LogP contribution < -0.4 is 10.0 Å². The highest BCUT2D eigenvalue weighted by Crippen LogP contribution is 2.38. The Morgan fingerprint density at radius 2 is 0.891 bits per heavy atom. The van der Waals surface area contributed by atoms with Crippen LogP contribution in [0, 0.1) is 0 Å². The van der Waals surface area contributed by atoms with E-state index in [1.807, 2.05) is 21.8 Å². The van der Waals surface area contributed by atoms with E-state index < -0.39 is 23.5 Å². The molecule has 8 heterocycles. The minimum Gasteiger partial charge on any atom is -0.301 e. The molecule has 0 radical (unpaired) electrons. The lowest BCUT2D eigenvalue weighted by Gasteiger charge is -2.30. The van der Waals surface area contributed by atoms with E-state index in [4.69, 9.17) is 30.4 Å². The van der Waals surface area contributed by atoms with Gasteiger partial charge in [-0.2, -0.15) is 46.5 Å². The van der Waals surface area contributed by atoms with Crippen molar-refractivity contribution < 1.29 is 26.3 Å². The van der Waals surface area contributed by atoms with Crippen molar-refractivity contribution in [2.24, 2.45) is 0 Å². The third kappa shape index (κ3) is 8.37. The Bertz CT molecular complexity index is 2670. The van der Waals surface area contributed by atoms with E-state index in [0.717, 1.165) is 89.2 Å². The van der Waals surface area contributed by atoms with Crippen molar-refractivity contribution in [2.75, 3.05) is 49.3 Å². The Balaban J connectivity index is 1.11. The van der Waals surface area contributed by atoms with Crippen LogP contribution in [0.2, 0.25) is 0 Å². The summed E-state index contributed by atoms with van der Waals surface area (Å²) < 4.78 is 88.1. The fourth-order valence-electron chi connectivity index (χ4n) is 8.41. The molecule has 0 atom stereocenters. The van der Waals surface area contributed by atoms with Gasteiger partial charge in [0, 0.05) is 36.6 Å². The van der Waals surface area contributed by atoms with Crippen LogP contribution in [0.5, 0.6) is 0 Å². The smallest absolute Gasteiger partial charge is 0.301 e. The summed E-state index contributed by atoms with van der Waals surface area (Å²) >= 11 is 0. The van der Waals surface area contributed by atoms with Gasteiger partial charge >= 0.3 is 12.4 Å².